The van der Waals surface area contributed by atoms with E-state index in [1.165, 1.54) is 24.8 Å². The standard InChI is InChI=1S/C16H23OP/c1-11-9-12(2)14(13(3)10-11)15(17)16(18)7-5-4-6-8-16/h9-10H,4-8,18H2,1-3H3. The maximum Gasteiger partial charge on any atom is 0.173 e. The molecule has 0 saturated heterocycles. The van der Waals surface area contributed by atoms with Crippen LogP contribution in [0, 0.1) is 20.8 Å². The number of rotatable bonds is 2. The Hall–Kier alpha value is -0.680. The fourth-order valence-electron chi connectivity index (χ4n) is 3.20. The van der Waals surface area contributed by atoms with Crippen molar-refractivity contribution in [2.24, 2.45) is 0 Å². The van der Waals surface area contributed by atoms with Crippen molar-refractivity contribution in [1.29, 1.82) is 0 Å². The van der Waals surface area contributed by atoms with Crippen molar-refractivity contribution in [3.63, 3.8) is 0 Å². The lowest BCUT2D eigenvalue weighted by Gasteiger charge is -2.32. The smallest absolute Gasteiger partial charge is 0.173 e. The maximum absolute atomic E-state index is 12.9. The minimum atomic E-state index is -0.205. The number of carbonyl (C=O) groups is 1. The molecule has 2 rings (SSSR count). The Balaban J connectivity index is 2.39. The molecule has 0 spiro atoms. The average molecular weight is 262 g/mol. The van der Waals surface area contributed by atoms with E-state index in [1.807, 2.05) is 0 Å². The molecule has 1 unspecified atom stereocenters. The first-order valence-corrected chi connectivity index (χ1v) is 7.43. The summed E-state index contributed by atoms with van der Waals surface area (Å²) in [6.07, 6.45) is 5.67. The average Bonchev–Trinajstić information content (AvgIpc) is 2.28. The molecule has 1 aromatic rings. The van der Waals surface area contributed by atoms with Gasteiger partial charge in [-0.1, -0.05) is 37.0 Å². The third-order valence-corrected chi connectivity index (χ3v) is 4.94. The summed E-state index contributed by atoms with van der Waals surface area (Å²) in [5, 5.41) is -0.205. The second kappa shape index (κ2) is 5.13. The SMILES string of the molecule is Cc1cc(C)c(C(=O)C2(P)CCCCC2)c(C)c1. The molecule has 18 heavy (non-hydrogen) atoms. The highest BCUT2D eigenvalue weighted by Crippen LogP contribution is 2.40. The monoisotopic (exact) mass is 262 g/mol. The molecule has 1 aromatic carbocycles. The Morgan fingerprint density at radius 3 is 2.06 bits per heavy atom. The zero-order chi connectivity index (χ0) is 13.3. The van der Waals surface area contributed by atoms with Gasteiger partial charge in [0.25, 0.3) is 0 Å². The summed E-state index contributed by atoms with van der Waals surface area (Å²) in [5.41, 5.74) is 4.45. The number of benzene rings is 1. The lowest BCUT2D eigenvalue weighted by atomic mass is 9.80. The van der Waals surface area contributed by atoms with Crippen LogP contribution in [-0.2, 0) is 0 Å². The maximum atomic E-state index is 12.9. The van der Waals surface area contributed by atoms with Gasteiger partial charge < -0.3 is 0 Å². The highest BCUT2D eigenvalue weighted by Gasteiger charge is 2.36. The predicted octanol–water partition coefficient (Wildman–Crippen LogP) is 4.37. The van der Waals surface area contributed by atoms with E-state index < -0.39 is 0 Å². The predicted molar refractivity (Wildman–Crippen MR) is 80.5 cm³/mol. The number of hydrogen-bond donors (Lipinski definition) is 0. The van der Waals surface area contributed by atoms with E-state index in [2.05, 4.69) is 42.1 Å². The van der Waals surface area contributed by atoms with Crippen molar-refractivity contribution in [1.82, 2.24) is 0 Å². The first kappa shape index (κ1) is 13.7. The van der Waals surface area contributed by atoms with Gasteiger partial charge in [-0.3, -0.25) is 4.79 Å². The van der Waals surface area contributed by atoms with Crippen molar-refractivity contribution in [3.8, 4) is 0 Å². The van der Waals surface area contributed by atoms with E-state index >= 15 is 0 Å². The van der Waals surface area contributed by atoms with E-state index in [1.54, 1.807) is 0 Å². The normalized spacial score (nSPS) is 18.7. The van der Waals surface area contributed by atoms with Gasteiger partial charge in [0, 0.05) is 10.7 Å². The van der Waals surface area contributed by atoms with Crippen molar-refractivity contribution in [2.45, 2.75) is 58.0 Å². The van der Waals surface area contributed by atoms with Crippen molar-refractivity contribution in [2.75, 3.05) is 0 Å². The van der Waals surface area contributed by atoms with Gasteiger partial charge >= 0.3 is 0 Å². The topological polar surface area (TPSA) is 17.1 Å². The third kappa shape index (κ3) is 2.52. The van der Waals surface area contributed by atoms with Gasteiger partial charge in [-0.15, -0.1) is 9.24 Å². The Kier molecular flexibility index (Phi) is 3.92. The minimum absolute atomic E-state index is 0.205. The quantitative estimate of drug-likeness (QED) is 0.571. The molecule has 0 aliphatic heterocycles. The van der Waals surface area contributed by atoms with Crippen LogP contribution in [0.4, 0.5) is 0 Å². The van der Waals surface area contributed by atoms with Crippen LogP contribution in [-0.4, -0.2) is 10.9 Å². The molecule has 1 fully saturated rings. The summed E-state index contributed by atoms with van der Waals surface area (Å²) in [5.74, 6) is 0.335. The van der Waals surface area contributed by atoms with Crippen molar-refractivity contribution < 1.29 is 4.79 Å². The molecule has 1 saturated carbocycles. The zero-order valence-corrected chi connectivity index (χ0v) is 12.8. The molecule has 0 aromatic heterocycles. The van der Waals surface area contributed by atoms with Crippen molar-refractivity contribution >= 4 is 15.0 Å². The number of aryl methyl sites for hydroxylation is 3. The molecule has 2 heteroatoms. The van der Waals surface area contributed by atoms with Gasteiger partial charge in [-0.2, -0.15) is 0 Å². The molecule has 0 amide bonds. The van der Waals surface area contributed by atoms with Gasteiger partial charge in [-0.25, -0.2) is 0 Å². The van der Waals surface area contributed by atoms with E-state index in [9.17, 15) is 4.79 Å². The summed E-state index contributed by atoms with van der Waals surface area (Å²) in [4.78, 5) is 12.9. The van der Waals surface area contributed by atoms with Crippen LogP contribution in [0.2, 0.25) is 0 Å². The van der Waals surface area contributed by atoms with Crippen molar-refractivity contribution in [3.05, 3.63) is 34.4 Å². The summed E-state index contributed by atoms with van der Waals surface area (Å²) in [6, 6.07) is 4.24. The fraction of sp³-hybridized carbons (Fsp3) is 0.562. The highest BCUT2D eigenvalue weighted by atomic mass is 31.0. The molecule has 0 radical (unpaired) electrons. The van der Waals surface area contributed by atoms with Gasteiger partial charge in [-0.05, 0) is 44.7 Å². The Labute approximate surface area is 113 Å². The summed E-state index contributed by atoms with van der Waals surface area (Å²) in [6.45, 7) is 6.21. The summed E-state index contributed by atoms with van der Waals surface area (Å²) in [7, 11) is 2.86. The van der Waals surface area contributed by atoms with Gasteiger partial charge in [0.1, 0.15) is 0 Å². The first-order valence-electron chi connectivity index (χ1n) is 6.85. The second-order valence-corrected chi connectivity index (χ2v) is 6.92. The van der Waals surface area contributed by atoms with Crippen LogP contribution >= 0.6 is 9.24 Å². The molecular formula is C16H23OP. The van der Waals surface area contributed by atoms with Crippen LogP contribution in [0.5, 0.6) is 0 Å². The molecule has 1 aliphatic carbocycles. The molecular weight excluding hydrogens is 239 g/mol. The number of ketones is 1. The van der Waals surface area contributed by atoms with Crippen LogP contribution in [0.15, 0.2) is 12.1 Å². The van der Waals surface area contributed by atoms with Crippen LogP contribution < -0.4 is 0 Å². The Morgan fingerprint density at radius 2 is 1.56 bits per heavy atom. The lowest BCUT2D eigenvalue weighted by molar-refractivity contribution is 0.0916. The van der Waals surface area contributed by atoms with Gasteiger partial charge in [0.05, 0.1) is 0 Å². The molecule has 0 bridgehead atoms. The molecule has 98 valence electrons. The summed E-state index contributed by atoms with van der Waals surface area (Å²) >= 11 is 0. The highest BCUT2D eigenvalue weighted by molar-refractivity contribution is 7.21. The third-order valence-electron chi connectivity index (χ3n) is 4.10. The Bertz CT molecular complexity index is 447. The molecule has 1 atom stereocenters. The molecule has 0 N–H and O–H groups in total. The van der Waals surface area contributed by atoms with Crippen LogP contribution in [0.25, 0.3) is 0 Å². The number of hydrogen-bond acceptors (Lipinski definition) is 1. The van der Waals surface area contributed by atoms with Crippen LogP contribution in [0.1, 0.15) is 59.2 Å². The number of carbonyl (C=O) groups excluding carboxylic acids is 1. The van der Waals surface area contributed by atoms with E-state index in [0.717, 1.165) is 29.5 Å². The molecule has 0 heterocycles. The van der Waals surface area contributed by atoms with Crippen LogP contribution in [0.3, 0.4) is 0 Å². The summed E-state index contributed by atoms with van der Waals surface area (Å²) < 4.78 is 0. The minimum Gasteiger partial charge on any atom is -0.293 e. The second-order valence-electron chi connectivity index (χ2n) is 5.82. The van der Waals surface area contributed by atoms with E-state index in [4.69, 9.17) is 0 Å². The molecule has 1 nitrogen and oxygen atoms in total. The van der Waals surface area contributed by atoms with Gasteiger partial charge in [0.15, 0.2) is 5.78 Å². The Morgan fingerprint density at radius 1 is 1.06 bits per heavy atom. The van der Waals surface area contributed by atoms with Gasteiger partial charge in [0.2, 0.25) is 0 Å². The zero-order valence-electron chi connectivity index (χ0n) is 11.7. The van der Waals surface area contributed by atoms with E-state index in [-0.39, 0.29) is 5.16 Å². The fourth-order valence-corrected chi connectivity index (χ4v) is 3.75. The molecule has 1 aliphatic rings. The first-order chi connectivity index (χ1) is 8.44. The largest absolute Gasteiger partial charge is 0.293 e. The lowest BCUT2D eigenvalue weighted by Crippen LogP contribution is -2.35. The van der Waals surface area contributed by atoms with E-state index in [0.29, 0.717) is 5.78 Å². The number of Topliss-reactive ketones (excluding diaryl/α,β-unsaturated/α-hetero) is 1.